The molecule has 0 aromatic carbocycles. The number of rotatable bonds is 0. The number of aromatic nitrogens is 3. The van der Waals surface area contributed by atoms with Gasteiger partial charge in [0.05, 0.1) is 24.7 Å². The fourth-order valence-electron chi connectivity index (χ4n) is 5.83. The van der Waals surface area contributed by atoms with Crippen LogP contribution in [0.3, 0.4) is 0 Å². The first-order chi connectivity index (χ1) is 14.1. The van der Waals surface area contributed by atoms with Gasteiger partial charge in [-0.05, 0) is 50.4 Å². The molecule has 8 bridgehead atoms. The van der Waals surface area contributed by atoms with Gasteiger partial charge in [-0.15, -0.1) is 0 Å². The van der Waals surface area contributed by atoms with Crippen LogP contribution >= 0.6 is 0 Å². The third-order valence-electron chi connectivity index (χ3n) is 7.09. The number of amides is 1. The van der Waals surface area contributed by atoms with Gasteiger partial charge in [0.15, 0.2) is 5.82 Å². The predicted octanol–water partition coefficient (Wildman–Crippen LogP) is 3.62. The Kier molecular flexibility index (Phi) is 3.61. The van der Waals surface area contributed by atoms with Crippen molar-refractivity contribution >= 4 is 17.6 Å². The van der Waals surface area contributed by atoms with Crippen molar-refractivity contribution in [1.29, 1.82) is 0 Å². The molecular weight excluding hydrogens is 370 g/mol. The van der Waals surface area contributed by atoms with Gasteiger partial charge < -0.3 is 20.1 Å². The van der Waals surface area contributed by atoms with Gasteiger partial charge in [0.2, 0.25) is 0 Å². The third kappa shape index (κ3) is 3.01. The molecule has 4 saturated carbocycles. The largest absolute Gasteiger partial charge is 0.492 e. The fourth-order valence-corrected chi connectivity index (χ4v) is 5.83. The Balaban J connectivity index is 1.23. The molecule has 9 rings (SSSR count). The number of nitrogens with one attached hydrogen (secondary N) is 3. The van der Waals surface area contributed by atoms with E-state index in [-0.39, 0.29) is 17.7 Å². The van der Waals surface area contributed by atoms with Crippen LogP contribution in [-0.2, 0) is 4.74 Å². The molecule has 0 radical (unpaired) electrons. The Morgan fingerprint density at radius 2 is 2.03 bits per heavy atom. The lowest BCUT2D eigenvalue weighted by atomic mass is 9.38. The van der Waals surface area contributed by atoms with Crippen LogP contribution < -0.4 is 15.4 Å². The Bertz CT molecular complexity index is 938. The minimum Gasteiger partial charge on any atom is -0.492 e. The van der Waals surface area contributed by atoms with E-state index < -0.39 is 0 Å². The average molecular weight is 395 g/mol. The molecule has 2 aromatic heterocycles. The molecule has 8 heteroatoms. The Morgan fingerprint density at radius 1 is 1.14 bits per heavy atom. The van der Waals surface area contributed by atoms with Crippen molar-refractivity contribution in [2.45, 2.75) is 62.5 Å². The first-order valence-corrected chi connectivity index (χ1v) is 10.5. The SMILES string of the molecule is O=C1NC23CC(CCOc4cncc(c4)Nc4cc([nH]n4)[C@H]4CC[C@H](C4)O1)(C2)C3. The lowest BCUT2D eigenvalue weighted by molar-refractivity contribution is -0.159. The highest BCUT2D eigenvalue weighted by atomic mass is 16.6. The number of alkyl carbamates (subject to hydrolysis) is 1. The predicted molar refractivity (Wildman–Crippen MR) is 105 cm³/mol. The molecule has 7 aliphatic rings. The summed E-state index contributed by atoms with van der Waals surface area (Å²) in [5.41, 5.74) is 2.20. The van der Waals surface area contributed by atoms with Crippen molar-refractivity contribution < 1.29 is 14.3 Å². The molecule has 5 heterocycles. The highest BCUT2D eigenvalue weighted by Gasteiger charge is 2.68. The molecule has 152 valence electrons. The molecular formula is C21H25N5O3. The smallest absolute Gasteiger partial charge is 0.407 e. The van der Waals surface area contributed by atoms with Crippen LogP contribution in [0.25, 0.3) is 0 Å². The number of hydrogen-bond acceptors (Lipinski definition) is 6. The van der Waals surface area contributed by atoms with E-state index in [0.717, 1.165) is 67.9 Å². The van der Waals surface area contributed by atoms with Gasteiger partial charge in [0.25, 0.3) is 0 Å². The number of ether oxygens (including phenoxy) is 2. The van der Waals surface area contributed by atoms with Gasteiger partial charge in [-0.1, -0.05) is 0 Å². The molecule has 0 saturated heterocycles. The summed E-state index contributed by atoms with van der Waals surface area (Å²) in [6.07, 6.45) is 10.0. The van der Waals surface area contributed by atoms with Crippen LogP contribution in [0, 0.1) is 5.41 Å². The molecule has 2 atom stereocenters. The minimum absolute atomic E-state index is 0.0302. The molecule has 8 nitrogen and oxygen atoms in total. The van der Waals surface area contributed by atoms with E-state index in [0.29, 0.717) is 17.9 Å². The normalized spacial score (nSPS) is 35.2. The topological polar surface area (TPSA) is 101 Å². The van der Waals surface area contributed by atoms with Crippen molar-refractivity contribution in [1.82, 2.24) is 20.5 Å². The summed E-state index contributed by atoms with van der Waals surface area (Å²) in [5.74, 6) is 1.83. The quantitative estimate of drug-likeness (QED) is 0.630. The molecule has 1 amide bonds. The zero-order valence-electron chi connectivity index (χ0n) is 16.2. The summed E-state index contributed by atoms with van der Waals surface area (Å²) in [6.45, 7) is 0.655. The van der Waals surface area contributed by atoms with E-state index in [1.807, 2.05) is 12.1 Å². The third-order valence-corrected chi connectivity index (χ3v) is 7.09. The average Bonchev–Trinajstić information content (AvgIpc) is 3.27. The summed E-state index contributed by atoms with van der Waals surface area (Å²) < 4.78 is 11.7. The maximum Gasteiger partial charge on any atom is 0.407 e. The lowest BCUT2D eigenvalue weighted by Gasteiger charge is -2.70. The summed E-state index contributed by atoms with van der Waals surface area (Å²) >= 11 is 0. The molecule has 3 N–H and O–H groups in total. The second-order valence-corrected chi connectivity index (χ2v) is 9.31. The first kappa shape index (κ1) is 17.1. The zero-order valence-corrected chi connectivity index (χ0v) is 16.2. The molecule has 3 aliphatic heterocycles. The maximum absolute atomic E-state index is 12.4. The van der Waals surface area contributed by atoms with Gasteiger partial charge in [-0.25, -0.2) is 4.79 Å². The number of H-pyrrole nitrogens is 1. The summed E-state index contributed by atoms with van der Waals surface area (Å²) in [5, 5.41) is 13.9. The molecule has 0 spiro atoms. The minimum atomic E-state index is -0.257. The van der Waals surface area contributed by atoms with Crippen LogP contribution in [0.4, 0.5) is 16.3 Å². The van der Waals surface area contributed by atoms with E-state index in [2.05, 4.69) is 25.8 Å². The Morgan fingerprint density at radius 3 is 2.93 bits per heavy atom. The van der Waals surface area contributed by atoms with Crippen molar-refractivity contribution in [3.8, 4) is 5.75 Å². The molecule has 4 aliphatic carbocycles. The molecule has 0 unspecified atom stereocenters. The highest BCUT2D eigenvalue weighted by molar-refractivity contribution is 5.69. The van der Waals surface area contributed by atoms with Crippen LogP contribution in [0.2, 0.25) is 0 Å². The first-order valence-electron chi connectivity index (χ1n) is 10.5. The monoisotopic (exact) mass is 395 g/mol. The molecule has 4 fully saturated rings. The highest BCUT2D eigenvalue weighted by Crippen LogP contribution is 2.68. The second-order valence-electron chi connectivity index (χ2n) is 9.31. The standard InChI is InChI=1S/C21H25N5O3/c27-19-24-21-10-20(11-21,12-21)3-4-28-16-6-14(8-22-9-16)23-18-7-17(25-26-18)13-1-2-15(5-13)29-19/h6-9,13,15H,1-5,10-12H2,(H,24,27)(H2,23,25,26)/t13-,15+,20?,21?/m0/s1. The lowest BCUT2D eigenvalue weighted by Crippen LogP contribution is -2.74. The molecule has 2 aromatic rings. The van der Waals surface area contributed by atoms with Crippen LogP contribution in [0.5, 0.6) is 5.75 Å². The number of anilines is 2. The van der Waals surface area contributed by atoms with E-state index in [1.54, 1.807) is 12.4 Å². The van der Waals surface area contributed by atoms with Crippen molar-refractivity contribution in [2.24, 2.45) is 5.41 Å². The van der Waals surface area contributed by atoms with Crippen LogP contribution in [0.1, 0.15) is 56.6 Å². The number of hydrogen-bond donors (Lipinski definition) is 3. The van der Waals surface area contributed by atoms with Crippen LogP contribution in [-0.4, -0.2) is 39.5 Å². The van der Waals surface area contributed by atoms with Crippen molar-refractivity contribution in [3.63, 3.8) is 0 Å². The van der Waals surface area contributed by atoms with Gasteiger partial charge in [-0.3, -0.25) is 10.1 Å². The van der Waals surface area contributed by atoms with Gasteiger partial charge >= 0.3 is 6.09 Å². The number of aromatic amines is 1. The van der Waals surface area contributed by atoms with Crippen LogP contribution in [0.15, 0.2) is 24.5 Å². The summed E-state index contributed by atoms with van der Waals surface area (Å²) in [6, 6.07) is 3.98. The van der Waals surface area contributed by atoms with E-state index in [1.165, 1.54) is 0 Å². The van der Waals surface area contributed by atoms with E-state index in [4.69, 9.17) is 9.47 Å². The van der Waals surface area contributed by atoms with E-state index in [9.17, 15) is 4.79 Å². The number of carbonyl (C=O) groups is 1. The number of pyridine rings is 1. The summed E-state index contributed by atoms with van der Waals surface area (Å²) in [7, 11) is 0. The fraction of sp³-hybridized carbons (Fsp3) is 0.571. The van der Waals surface area contributed by atoms with Crippen molar-refractivity contribution in [3.05, 3.63) is 30.2 Å². The van der Waals surface area contributed by atoms with Gasteiger partial charge in [0.1, 0.15) is 11.9 Å². The number of nitrogens with zero attached hydrogens (tertiary/aromatic N) is 2. The van der Waals surface area contributed by atoms with Crippen molar-refractivity contribution in [2.75, 3.05) is 11.9 Å². The maximum atomic E-state index is 12.4. The van der Waals surface area contributed by atoms with Gasteiger partial charge in [-0.2, -0.15) is 5.10 Å². The Hall–Kier alpha value is -2.77. The number of carbonyl (C=O) groups excluding carboxylic acids is 1. The Labute approximate surface area is 168 Å². The molecule has 29 heavy (non-hydrogen) atoms. The summed E-state index contributed by atoms with van der Waals surface area (Å²) in [4.78, 5) is 16.7. The second kappa shape index (κ2) is 6.11. The van der Waals surface area contributed by atoms with E-state index >= 15 is 0 Å². The van der Waals surface area contributed by atoms with Gasteiger partial charge in [0, 0.05) is 29.3 Å². The zero-order chi connectivity index (χ0) is 19.5.